The van der Waals surface area contributed by atoms with Gasteiger partial charge in [0.1, 0.15) is 0 Å². The van der Waals surface area contributed by atoms with Gasteiger partial charge in [-0.3, -0.25) is 9.59 Å². The normalized spacial score (nSPS) is 5.43. The lowest BCUT2D eigenvalue weighted by Crippen LogP contribution is -1.62. The van der Waals surface area contributed by atoms with Crippen molar-refractivity contribution < 1.29 is 9.59 Å². The molecular formula is C3H4Cl2O2. The zero-order chi connectivity index (χ0) is 6.12. The fourth-order valence-corrected chi connectivity index (χ4v) is 0. The van der Waals surface area contributed by atoms with E-state index < -0.39 is 0 Å². The zero-order valence-corrected chi connectivity index (χ0v) is 4.95. The molecule has 0 aromatic carbocycles. The number of alkyl halides is 2. The molecule has 0 radical (unpaired) electrons. The van der Waals surface area contributed by atoms with Crippen LogP contribution in [-0.2, 0) is 9.59 Å². The van der Waals surface area contributed by atoms with Gasteiger partial charge in [0, 0.05) is 0 Å². The molecule has 0 aliphatic rings. The summed E-state index contributed by atoms with van der Waals surface area (Å²) < 4.78 is 0. The fourth-order valence-electron chi connectivity index (χ4n) is 0. The maximum Gasteiger partial charge on any atom is 0.182 e. The Morgan fingerprint density at radius 3 is 1.29 bits per heavy atom. The minimum absolute atomic E-state index is 0.194. The van der Waals surface area contributed by atoms with Gasteiger partial charge in [0.25, 0.3) is 0 Å². The number of carbonyl (C=O) groups is 2. The van der Waals surface area contributed by atoms with Crippen LogP contribution in [0.25, 0.3) is 0 Å². The highest BCUT2D eigenvalue weighted by Gasteiger charge is 1.47. The maximum atomic E-state index is 8.81. The third kappa shape index (κ3) is 107. The Hall–Kier alpha value is -0.0800. The summed E-state index contributed by atoms with van der Waals surface area (Å²) in [6.07, 6.45) is 0.389. The monoisotopic (exact) mass is 142 g/mol. The molecule has 0 spiro atoms. The van der Waals surface area contributed by atoms with Gasteiger partial charge in [-0.25, -0.2) is 0 Å². The Morgan fingerprint density at radius 2 is 1.29 bits per heavy atom. The van der Waals surface area contributed by atoms with Gasteiger partial charge in [-0.15, -0.1) is 23.2 Å². The Labute approximate surface area is 51.4 Å². The third-order valence-corrected chi connectivity index (χ3v) is 0.0556. The third-order valence-electron chi connectivity index (χ3n) is 0.0556. The van der Waals surface area contributed by atoms with E-state index in [9.17, 15) is 0 Å². The lowest BCUT2D eigenvalue weighted by molar-refractivity contribution is -0.122. The van der Waals surface area contributed by atoms with E-state index in [1.807, 2.05) is 0 Å². The molecule has 0 rings (SSSR count). The van der Waals surface area contributed by atoms with E-state index in [2.05, 4.69) is 0 Å². The second kappa shape index (κ2) is 16.8. The molecule has 2 nitrogen and oxygen atoms in total. The molecule has 0 saturated carbocycles. The van der Waals surface area contributed by atoms with Gasteiger partial charge in [-0.1, -0.05) is 0 Å². The summed E-state index contributed by atoms with van der Waals surface area (Å²) in [5, 5.41) is 0.194. The molecule has 0 bridgehead atoms. The molecule has 0 aromatic heterocycles. The number of hydrogen-bond donors (Lipinski definition) is 0. The average Bonchev–Trinajstić information content (AvgIpc) is 1.69. The first kappa shape index (κ1) is 10.0. The molecular weight excluding hydrogens is 139 g/mol. The van der Waals surface area contributed by atoms with Crippen LogP contribution in [0.2, 0.25) is 0 Å². The van der Waals surface area contributed by atoms with Crippen molar-refractivity contribution in [1.82, 2.24) is 0 Å². The van der Waals surface area contributed by atoms with E-state index in [1.165, 1.54) is 0 Å². The van der Waals surface area contributed by atoms with Crippen molar-refractivity contribution in [3.63, 3.8) is 0 Å². The summed E-state index contributed by atoms with van der Waals surface area (Å²) >= 11 is 9.53. The highest BCUT2D eigenvalue weighted by molar-refractivity contribution is 6.40. The van der Waals surface area contributed by atoms with Gasteiger partial charge >= 0.3 is 0 Å². The second-order valence-corrected chi connectivity index (χ2v) is 1.18. The minimum atomic E-state index is 0.194. The molecule has 0 saturated heterocycles. The summed E-state index contributed by atoms with van der Waals surface area (Å²) in [5.74, 6) is 0. The topological polar surface area (TPSA) is 34.1 Å². The van der Waals surface area contributed by atoms with Crippen LogP contribution in [0.4, 0.5) is 0 Å². The van der Waals surface area contributed by atoms with Crippen molar-refractivity contribution >= 4 is 35.8 Å². The van der Waals surface area contributed by atoms with Gasteiger partial charge < -0.3 is 0 Å². The molecule has 0 aliphatic heterocycles. The molecule has 0 aromatic rings. The summed E-state index contributed by atoms with van der Waals surface area (Å²) in [5.41, 5.74) is 0. The van der Waals surface area contributed by atoms with Crippen molar-refractivity contribution in [2.24, 2.45) is 0 Å². The van der Waals surface area contributed by atoms with Crippen LogP contribution in [0, 0.1) is 0 Å². The Balaban J connectivity index is 0. The number of rotatable bonds is 1. The highest BCUT2D eigenvalue weighted by atomic mass is 35.5. The Kier molecular flexibility index (Phi) is 24.1. The number of carbonyl (C=O) groups excluding carboxylic acids is 2. The van der Waals surface area contributed by atoms with Gasteiger partial charge in [-0.2, -0.15) is 0 Å². The van der Waals surface area contributed by atoms with E-state index in [0.717, 1.165) is 0 Å². The Bertz CT molecular complexity index is 40.2. The Morgan fingerprint density at radius 1 is 1.14 bits per heavy atom. The van der Waals surface area contributed by atoms with E-state index in [1.54, 1.807) is 0 Å². The molecule has 7 heavy (non-hydrogen) atoms. The second-order valence-electron chi connectivity index (χ2n) is 0.373. The van der Waals surface area contributed by atoms with E-state index >= 15 is 0 Å². The first-order valence-electron chi connectivity index (χ1n) is 1.34. The van der Waals surface area contributed by atoms with E-state index in [4.69, 9.17) is 32.8 Å². The molecule has 0 amide bonds. The lowest BCUT2D eigenvalue weighted by atomic mass is 10.9. The summed E-state index contributed by atoms with van der Waals surface area (Å²) in [6, 6.07) is 0. The van der Waals surface area contributed by atoms with E-state index in [-0.39, 0.29) is 17.9 Å². The van der Waals surface area contributed by atoms with Crippen molar-refractivity contribution in [3.05, 3.63) is 0 Å². The van der Waals surface area contributed by atoms with Crippen LogP contribution in [0.1, 0.15) is 0 Å². The summed E-state index contributed by atoms with van der Waals surface area (Å²) in [6.45, 7) is 0. The molecule has 4 heteroatoms. The molecule has 0 heterocycles. The predicted molar refractivity (Wildman–Crippen MR) is 28.7 cm³/mol. The lowest BCUT2D eigenvalue weighted by Gasteiger charge is -1.42. The van der Waals surface area contributed by atoms with Gasteiger partial charge in [0.2, 0.25) is 0 Å². The number of hydrogen-bond acceptors (Lipinski definition) is 2. The molecule has 0 N–H and O–H groups in total. The first-order chi connectivity index (χ1) is 3.33. The van der Waals surface area contributed by atoms with Crippen LogP contribution in [-0.4, -0.2) is 17.9 Å². The first-order valence-corrected chi connectivity index (χ1v) is 2.41. The van der Waals surface area contributed by atoms with Crippen LogP contribution in [0.15, 0.2) is 0 Å². The standard InChI is InChI=1S/C2H2O2.CH2Cl2/c3-1-2-4;2-1-3/h1-2H;1H2. The predicted octanol–water partition coefficient (Wildman–Crippen LogP) is 0.806. The van der Waals surface area contributed by atoms with Crippen LogP contribution >= 0.6 is 23.2 Å². The largest absolute Gasteiger partial charge is 0.295 e. The molecule has 0 atom stereocenters. The van der Waals surface area contributed by atoms with Crippen LogP contribution < -0.4 is 0 Å². The molecule has 0 fully saturated rings. The van der Waals surface area contributed by atoms with E-state index in [0.29, 0.717) is 0 Å². The van der Waals surface area contributed by atoms with Crippen molar-refractivity contribution in [2.75, 3.05) is 5.34 Å². The average molecular weight is 143 g/mol. The molecule has 0 aliphatic carbocycles. The smallest absolute Gasteiger partial charge is 0.182 e. The molecule has 42 valence electrons. The van der Waals surface area contributed by atoms with Crippen LogP contribution in [0.5, 0.6) is 0 Å². The highest BCUT2D eigenvalue weighted by Crippen LogP contribution is 1.73. The maximum absolute atomic E-state index is 8.81. The number of halogens is 2. The number of aldehydes is 2. The fraction of sp³-hybridized carbons (Fsp3) is 0.333. The summed E-state index contributed by atoms with van der Waals surface area (Å²) in [4.78, 5) is 17.6. The van der Waals surface area contributed by atoms with Crippen molar-refractivity contribution in [2.45, 2.75) is 0 Å². The quantitative estimate of drug-likeness (QED) is 0.309. The van der Waals surface area contributed by atoms with Gasteiger partial charge in [0.15, 0.2) is 12.6 Å². The minimum Gasteiger partial charge on any atom is -0.295 e. The van der Waals surface area contributed by atoms with Gasteiger partial charge in [-0.05, 0) is 0 Å². The van der Waals surface area contributed by atoms with Crippen molar-refractivity contribution in [3.8, 4) is 0 Å². The molecule has 0 unspecified atom stereocenters. The SMILES string of the molecule is ClCCl.O=CC=O. The summed E-state index contributed by atoms with van der Waals surface area (Å²) in [7, 11) is 0. The van der Waals surface area contributed by atoms with Crippen molar-refractivity contribution in [1.29, 1.82) is 0 Å². The zero-order valence-electron chi connectivity index (χ0n) is 3.43. The van der Waals surface area contributed by atoms with Crippen LogP contribution in [0.3, 0.4) is 0 Å². The van der Waals surface area contributed by atoms with Gasteiger partial charge in [0.05, 0.1) is 5.34 Å².